The Morgan fingerprint density at radius 1 is 1.27 bits per heavy atom. The van der Waals surface area contributed by atoms with E-state index in [0.29, 0.717) is 12.6 Å². The van der Waals surface area contributed by atoms with Gasteiger partial charge in [-0.15, -0.1) is 0 Å². The molecule has 1 saturated carbocycles. The highest BCUT2D eigenvalue weighted by atomic mass is 35.5. The largest absolute Gasteiger partial charge is 0.396 e. The molecule has 2 nitrogen and oxygen atoms in total. The van der Waals surface area contributed by atoms with Crippen molar-refractivity contribution in [2.75, 3.05) is 6.61 Å². The smallest absolute Gasteiger partial charge is 0.0433 e. The van der Waals surface area contributed by atoms with Crippen LogP contribution in [0.25, 0.3) is 0 Å². The second-order valence-corrected chi connectivity index (χ2v) is 3.56. The van der Waals surface area contributed by atoms with E-state index in [2.05, 4.69) is 4.84 Å². The lowest BCUT2D eigenvalue weighted by Crippen LogP contribution is -2.27. The van der Waals surface area contributed by atoms with Crippen LogP contribution in [0.1, 0.15) is 32.1 Å². The first-order chi connectivity index (χ1) is 5.36. The quantitative estimate of drug-likeness (QED) is 0.643. The summed E-state index contributed by atoms with van der Waals surface area (Å²) < 4.78 is 0. The molecule has 0 amide bonds. The second kappa shape index (κ2) is 4.96. The van der Waals surface area contributed by atoms with Gasteiger partial charge in [0.2, 0.25) is 0 Å². The van der Waals surface area contributed by atoms with Crippen LogP contribution < -0.4 is 4.84 Å². The number of aliphatic hydroxyl groups excluding tert-OH is 1. The van der Waals surface area contributed by atoms with E-state index in [9.17, 15) is 0 Å². The fraction of sp³-hybridized carbons (Fsp3) is 1.00. The monoisotopic (exact) mass is 177 g/mol. The van der Waals surface area contributed by atoms with Gasteiger partial charge in [-0.3, -0.25) is 0 Å². The zero-order valence-corrected chi connectivity index (χ0v) is 7.48. The molecule has 0 aliphatic heterocycles. The maximum absolute atomic E-state index is 8.70. The van der Waals surface area contributed by atoms with Crippen LogP contribution in [0.15, 0.2) is 0 Å². The maximum atomic E-state index is 8.70. The third-order valence-corrected chi connectivity index (χ3v) is 2.85. The average molecular weight is 178 g/mol. The third-order valence-electron chi connectivity index (χ3n) is 2.54. The topological polar surface area (TPSA) is 32.3 Å². The van der Waals surface area contributed by atoms with Gasteiger partial charge in [0.05, 0.1) is 0 Å². The van der Waals surface area contributed by atoms with Gasteiger partial charge in [-0.05, 0) is 49.8 Å². The molecule has 0 radical (unpaired) electrons. The number of aliphatic hydroxyl groups is 1. The van der Waals surface area contributed by atoms with Crippen LogP contribution in [0.2, 0.25) is 0 Å². The molecule has 0 aromatic heterocycles. The number of hydrogen-bond donors (Lipinski definition) is 2. The fourth-order valence-corrected chi connectivity index (χ4v) is 1.96. The van der Waals surface area contributed by atoms with Gasteiger partial charge in [0, 0.05) is 12.6 Å². The molecule has 0 saturated heterocycles. The zero-order valence-electron chi connectivity index (χ0n) is 6.72. The second-order valence-electron chi connectivity index (χ2n) is 3.34. The van der Waals surface area contributed by atoms with Gasteiger partial charge in [-0.25, -0.2) is 4.84 Å². The van der Waals surface area contributed by atoms with Crippen molar-refractivity contribution in [3.63, 3.8) is 0 Å². The van der Waals surface area contributed by atoms with Gasteiger partial charge >= 0.3 is 0 Å². The summed E-state index contributed by atoms with van der Waals surface area (Å²) in [5.41, 5.74) is 0. The Labute approximate surface area is 73.0 Å². The SMILES string of the molecule is OCC[C@H]1CC[C@H](NCl)CC1. The summed E-state index contributed by atoms with van der Waals surface area (Å²) in [5, 5.41) is 8.70. The molecule has 1 aliphatic carbocycles. The van der Waals surface area contributed by atoms with Crippen molar-refractivity contribution in [1.82, 2.24) is 4.84 Å². The van der Waals surface area contributed by atoms with E-state index in [0.717, 1.165) is 25.2 Å². The number of hydrogen-bond acceptors (Lipinski definition) is 2. The number of rotatable bonds is 3. The number of nitrogens with one attached hydrogen (secondary N) is 1. The highest BCUT2D eigenvalue weighted by Crippen LogP contribution is 2.26. The molecule has 3 heteroatoms. The first-order valence-electron chi connectivity index (χ1n) is 4.34. The van der Waals surface area contributed by atoms with Crippen molar-refractivity contribution in [2.45, 2.75) is 38.1 Å². The van der Waals surface area contributed by atoms with Crippen molar-refractivity contribution in [3.05, 3.63) is 0 Å². The standard InChI is InChI=1S/C8H16ClNO/c9-10-8-3-1-7(2-4-8)5-6-11/h7-8,10-11H,1-6H2/t7-,8-. The Balaban J connectivity index is 2.14. The highest BCUT2D eigenvalue weighted by molar-refractivity contribution is 6.13. The molecular weight excluding hydrogens is 162 g/mol. The number of halogens is 1. The fourth-order valence-electron chi connectivity index (χ4n) is 1.74. The van der Waals surface area contributed by atoms with Gasteiger partial charge in [0.1, 0.15) is 0 Å². The molecule has 0 heterocycles. The molecule has 0 atom stereocenters. The van der Waals surface area contributed by atoms with E-state index in [1.54, 1.807) is 0 Å². The van der Waals surface area contributed by atoms with Crippen molar-refractivity contribution < 1.29 is 5.11 Å². The van der Waals surface area contributed by atoms with Crippen LogP contribution >= 0.6 is 11.8 Å². The van der Waals surface area contributed by atoms with Crippen LogP contribution in [0.4, 0.5) is 0 Å². The molecule has 0 unspecified atom stereocenters. The summed E-state index contributed by atoms with van der Waals surface area (Å²) in [7, 11) is 0. The van der Waals surface area contributed by atoms with E-state index in [1.807, 2.05) is 0 Å². The van der Waals surface area contributed by atoms with E-state index in [4.69, 9.17) is 16.9 Å². The van der Waals surface area contributed by atoms with Gasteiger partial charge < -0.3 is 5.11 Å². The predicted octanol–water partition coefficient (Wildman–Crippen LogP) is 1.67. The van der Waals surface area contributed by atoms with Crippen LogP contribution in [-0.4, -0.2) is 17.8 Å². The minimum absolute atomic E-state index is 0.337. The minimum atomic E-state index is 0.337. The van der Waals surface area contributed by atoms with Crippen molar-refractivity contribution in [3.8, 4) is 0 Å². The third kappa shape index (κ3) is 2.97. The lowest BCUT2D eigenvalue weighted by molar-refractivity contribution is 0.220. The normalized spacial score (nSPS) is 32.2. The van der Waals surface area contributed by atoms with Crippen LogP contribution in [0, 0.1) is 5.92 Å². The Morgan fingerprint density at radius 2 is 1.91 bits per heavy atom. The van der Waals surface area contributed by atoms with Gasteiger partial charge in [-0.2, -0.15) is 0 Å². The van der Waals surface area contributed by atoms with Crippen molar-refractivity contribution >= 4 is 11.8 Å². The van der Waals surface area contributed by atoms with Gasteiger partial charge in [-0.1, -0.05) is 0 Å². The summed E-state index contributed by atoms with van der Waals surface area (Å²) in [5.74, 6) is 0.737. The molecular formula is C8H16ClNO. The van der Waals surface area contributed by atoms with E-state index >= 15 is 0 Å². The van der Waals surface area contributed by atoms with Gasteiger partial charge in [0.15, 0.2) is 0 Å². The summed E-state index contributed by atoms with van der Waals surface area (Å²) in [6.07, 6.45) is 5.72. The van der Waals surface area contributed by atoms with E-state index < -0.39 is 0 Å². The van der Waals surface area contributed by atoms with Crippen LogP contribution in [0.5, 0.6) is 0 Å². The molecule has 0 spiro atoms. The molecule has 66 valence electrons. The molecule has 0 aromatic rings. The first kappa shape index (κ1) is 9.30. The van der Waals surface area contributed by atoms with E-state index in [1.165, 1.54) is 12.8 Å². The molecule has 2 N–H and O–H groups in total. The highest BCUT2D eigenvalue weighted by Gasteiger charge is 2.19. The Bertz CT molecular complexity index is 102. The lowest BCUT2D eigenvalue weighted by Gasteiger charge is -2.26. The molecule has 1 fully saturated rings. The minimum Gasteiger partial charge on any atom is -0.396 e. The van der Waals surface area contributed by atoms with E-state index in [-0.39, 0.29) is 0 Å². The molecule has 0 aromatic carbocycles. The average Bonchev–Trinajstić information content (AvgIpc) is 2.07. The van der Waals surface area contributed by atoms with Crippen molar-refractivity contribution in [1.29, 1.82) is 0 Å². The molecule has 11 heavy (non-hydrogen) atoms. The Kier molecular flexibility index (Phi) is 4.20. The maximum Gasteiger partial charge on any atom is 0.0433 e. The first-order valence-corrected chi connectivity index (χ1v) is 4.71. The summed E-state index contributed by atoms with van der Waals surface area (Å²) in [6.45, 7) is 0.337. The molecule has 0 bridgehead atoms. The van der Waals surface area contributed by atoms with Crippen molar-refractivity contribution in [2.24, 2.45) is 5.92 Å². The molecule has 1 aliphatic rings. The van der Waals surface area contributed by atoms with Crippen LogP contribution in [0.3, 0.4) is 0 Å². The Morgan fingerprint density at radius 3 is 2.36 bits per heavy atom. The molecule has 1 rings (SSSR count). The predicted molar refractivity (Wildman–Crippen MR) is 46.4 cm³/mol. The summed E-state index contributed by atoms with van der Waals surface area (Å²) in [6, 6.07) is 0.506. The van der Waals surface area contributed by atoms with Gasteiger partial charge in [0.25, 0.3) is 0 Å². The Hall–Kier alpha value is 0.210. The summed E-state index contributed by atoms with van der Waals surface area (Å²) >= 11 is 5.51. The zero-order chi connectivity index (χ0) is 8.10. The lowest BCUT2D eigenvalue weighted by atomic mass is 9.85. The summed E-state index contributed by atoms with van der Waals surface area (Å²) in [4.78, 5) is 2.78. The van der Waals surface area contributed by atoms with Crippen LogP contribution in [-0.2, 0) is 0 Å².